The molecule has 8 nitrogen and oxygen atoms in total. The Hall–Kier alpha value is -2.00. The second kappa shape index (κ2) is 6.64. The molecule has 0 unspecified atom stereocenters. The zero-order valence-electron chi connectivity index (χ0n) is 11.8. The number of aryl methyl sites for hydroxylation is 1. The first-order valence-corrected chi connectivity index (χ1v) is 7.99. The SMILES string of the molecule is CCCNc1ncccc1S(=O)(=O)NCc1noc(C)n1. The third-order valence-corrected chi connectivity index (χ3v) is 4.03. The molecule has 0 atom stereocenters. The van der Waals surface area contributed by atoms with Gasteiger partial charge in [0.1, 0.15) is 10.7 Å². The molecule has 0 saturated carbocycles. The zero-order valence-corrected chi connectivity index (χ0v) is 12.6. The molecular weight excluding hydrogens is 294 g/mol. The van der Waals surface area contributed by atoms with Crippen LogP contribution >= 0.6 is 0 Å². The van der Waals surface area contributed by atoms with E-state index < -0.39 is 10.0 Å². The fourth-order valence-corrected chi connectivity index (χ4v) is 2.75. The van der Waals surface area contributed by atoms with Crippen molar-refractivity contribution in [3.8, 4) is 0 Å². The van der Waals surface area contributed by atoms with E-state index in [0.717, 1.165) is 6.42 Å². The second-order valence-corrected chi connectivity index (χ2v) is 6.07. The van der Waals surface area contributed by atoms with Gasteiger partial charge in [-0.3, -0.25) is 0 Å². The maximum absolute atomic E-state index is 12.3. The van der Waals surface area contributed by atoms with Crippen LogP contribution in [0.2, 0.25) is 0 Å². The van der Waals surface area contributed by atoms with Crippen molar-refractivity contribution in [1.29, 1.82) is 0 Å². The van der Waals surface area contributed by atoms with E-state index in [0.29, 0.717) is 18.3 Å². The molecule has 0 radical (unpaired) electrons. The molecule has 0 aromatic carbocycles. The Morgan fingerprint density at radius 2 is 2.19 bits per heavy atom. The normalized spacial score (nSPS) is 11.5. The Kier molecular flexibility index (Phi) is 4.86. The summed E-state index contributed by atoms with van der Waals surface area (Å²) < 4.78 is 31.9. The highest BCUT2D eigenvalue weighted by Crippen LogP contribution is 2.17. The average Bonchev–Trinajstić information content (AvgIpc) is 2.89. The van der Waals surface area contributed by atoms with E-state index in [1.54, 1.807) is 19.2 Å². The van der Waals surface area contributed by atoms with Gasteiger partial charge in [-0.2, -0.15) is 4.98 Å². The molecule has 0 aliphatic heterocycles. The Labute approximate surface area is 123 Å². The molecule has 0 spiro atoms. The molecule has 2 rings (SSSR count). The highest BCUT2D eigenvalue weighted by Gasteiger charge is 2.19. The molecule has 21 heavy (non-hydrogen) atoms. The largest absolute Gasteiger partial charge is 0.369 e. The van der Waals surface area contributed by atoms with Crippen LogP contribution in [0.25, 0.3) is 0 Å². The van der Waals surface area contributed by atoms with Gasteiger partial charge in [0.25, 0.3) is 0 Å². The molecule has 0 aliphatic rings. The second-order valence-electron chi connectivity index (χ2n) is 4.33. The number of nitrogens with one attached hydrogen (secondary N) is 2. The Morgan fingerprint density at radius 3 is 2.86 bits per heavy atom. The minimum Gasteiger partial charge on any atom is -0.369 e. The van der Waals surface area contributed by atoms with Gasteiger partial charge in [-0.15, -0.1) is 0 Å². The predicted molar refractivity (Wildman–Crippen MR) is 76.1 cm³/mol. The van der Waals surface area contributed by atoms with Gasteiger partial charge < -0.3 is 9.84 Å². The third-order valence-electron chi connectivity index (χ3n) is 2.59. The molecule has 0 bridgehead atoms. The number of nitrogens with zero attached hydrogens (tertiary/aromatic N) is 3. The molecule has 114 valence electrons. The Morgan fingerprint density at radius 1 is 1.38 bits per heavy atom. The summed E-state index contributed by atoms with van der Waals surface area (Å²) in [6.45, 7) is 4.23. The minimum atomic E-state index is -3.71. The van der Waals surface area contributed by atoms with Crippen LogP contribution < -0.4 is 10.0 Å². The van der Waals surface area contributed by atoms with Crippen molar-refractivity contribution in [2.24, 2.45) is 0 Å². The highest BCUT2D eigenvalue weighted by molar-refractivity contribution is 7.89. The molecule has 0 saturated heterocycles. The van der Waals surface area contributed by atoms with Crippen LogP contribution in [0.15, 0.2) is 27.7 Å². The lowest BCUT2D eigenvalue weighted by Gasteiger charge is -2.10. The molecule has 0 amide bonds. The quantitative estimate of drug-likeness (QED) is 0.787. The number of rotatable bonds is 7. The van der Waals surface area contributed by atoms with Gasteiger partial charge in [0.05, 0.1) is 6.54 Å². The van der Waals surface area contributed by atoms with Gasteiger partial charge in [-0.25, -0.2) is 18.1 Å². The van der Waals surface area contributed by atoms with Crippen molar-refractivity contribution < 1.29 is 12.9 Å². The lowest BCUT2D eigenvalue weighted by Crippen LogP contribution is -2.25. The smallest absolute Gasteiger partial charge is 0.244 e. The average molecular weight is 311 g/mol. The molecule has 0 fully saturated rings. The maximum atomic E-state index is 12.3. The van der Waals surface area contributed by atoms with Gasteiger partial charge in [0.2, 0.25) is 15.9 Å². The van der Waals surface area contributed by atoms with E-state index >= 15 is 0 Å². The van der Waals surface area contributed by atoms with Crippen molar-refractivity contribution >= 4 is 15.8 Å². The van der Waals surface area contributed by atoms with Gasteiger partial charge in [-0.1, -0.05) is 12.1 Å². The first-order valence-electron chi connectivity index (χ1n) is 6.50. The Balaban J connectivity index is 2.15. The van der Waals surface area contributed by atoms with E-state index in [4.69, 9.17) is 4.52 Å². The summed E-state index contributed by atoms with van der Waals surface area (Å²) in [5.74, 6) is 0.995. The van der Waals surface area contributed by atoms with Crippen LogP contribution in [0.4, 0.5) is 5.82 Å². The molecule has 0 aliphatic carbocycles. The molecule has 2 aromatic heterocycles. The monoisotopic (exact) mass is 311 g/mol. The first-order chi connectivity index (χ1) is 10.0. The van der Waals surface area contributed by atoms with Gasteiger partial charge in [0, 0.05) is 19.7 Å². The van der Waals surface area contributed by atoms with Crippen LogP contribution in [0, 0.1) is 6.92 Å². The minimum absolute atomic E-state index is 0.0399. The summed E-state index contributed by atoms with van der Waals surface area (Å²) in [5, 5.41) is 6.63. The van der Waals surface area contributed by atoms with Crippen molar-refractivity contribution in [2.75, 3.05) is 11.9 Å². The van der Waals surface area contributed by atoms with Crippen LogP contribution in [0.5, 0.6) is 0 Å². The molecule has 2 heterocycles. The lowest BCUT2D eigenvalue weighted by atomic mass is 10.4. The van der Waals surface area contributed by atoms with Gasteiger partial charge >= 0.3 is 0 Å². The summed E-state index contributed by atoms with van der Waals surface area (Å²) in [5.41, 5.74) is 0. The third kappa shape index (κ3) is 3.99. The van der Waals surface area contributed by atoms with E-state index in [9.17, 15) is 8.42 Å². The summed E-state index contributed by atoms with van der Waals surface area (Å²) in [6.07, 6.45) is 2.41. The molecule has 2 aromatic rings. The van der Waals surface area contributed by atoms with Crippen molar-refractivity contribution in [3.05, 3.63) is 30.0 Å². The van der Waals surface area contributed by atoms with E-state index in [-0.39, 0.29) is 17.3 Å². The van der Waals surface area contributed by atoms with Crippen molar-refractivity contribution in [3.63, 3.8) is 0 Å². The Bertz CT molecular complexity index is 698. The number of sulfonamides is 1. The van der Waals surface area contributed by atoms with Crippen molar-refractivity contribution in [2.45, 2.75) is 31.7 Å². The maximum Gasteiger partial charge on any atom is 0.244 e. The predicted octanol–water partition coefficient (Wildman–Crippen LogP) is 1.07. The van der Waals surface area contributed by atoms with Crippen LogP contribution in [-0.4, -0.2) is 30.1 Å². The summed E-state index contributed by atoms with van der Waals surface area (Å²) in [7, 11) is -3.71. The van der Waals surface area contributed by atoms with E-state index in [1.165, 1.54) is 6.07 Å². The lowest BCUT2D eigenvalue weighted by molar-refractivity contribution is 0.387. The molecule has 2 N–H and O–H groups in total. The fourth-order valence-electron chi connectivity index (χ4n) is 1.63. The standard InChI is InChI=1S/C12H17N5O3S/c1-3-6-13-12-10(5-4-7-14-12)21(18,19)15-8-11-16-9(2)20-17-11/h4-5,7,15H,3,6,8H2,1-2H3,(H,13,14). The number of anilines is 1. The topological polar surface area (TPSA) is 110 Å². The number of hydrogen-bond donors (Lipinski definition) is 2. The summed E-state index contributed by atoms with van der Waals surface area (Å²) in [6, 6.07) is 3.07. The number of aromatic nitrogens is 3. The molecular formula is C12H17N5O3S. The van der Waals surface area contributed by atoms with Crippen LogP contribution in [-0.2, 0) is 16.6 Å². The van der Waals surface area contributed by atoms with E-state index in [2.05, 4.69) is 25.2 Å². The van der Waals surface area contributed by atoms with Gasteiger partial charge in [0.15, 0.2) is 5.82 Å². The first kappa shape index (κ1) is 15.4. The summed E-state index contributed by atoms with van der Waals surface area (Å²) in [4.78, 5) is 8.10. The fraction of sp³-hybridized carbons (Fsp3) is 0.417. The van der Waals surface area contributed by atoms with Crippen LogP contribution in [0.1, 0.15) is 25.1 Å². The van der Waals surface area contributed by atoms with Crippen molar-refractivity contribution in [1.82, 2.24) is 19.8 Å². The molecule has 9 heteroatoms. The zero-order chi connectivity index (χ0) is 15.3. The summed E-state index contributed by atoms with van der Waals surface area (Å²) >= 11 is 0. The highest BCUT2D eigenvalue weighted by atomic mass is 32.2. The van der Waals surface area contributed by atoms with Gasteiger partial charge in [-0.05, 0) is 18.6 Å². The number of pyridine rings is 1. The van der Waals surface area contributed by atoms with E-state index in [1.807, 2.05) is 6.92 Å². The van der Waals surface area contributed by atoms with Crippen LogP contribution in [0.3, 0.4) is 0 Å². The number of hydrogen-bond acceptors (Lipinski definition) is 7.